The minimum absolute atomic E-state index is 0.503. The Labute approximate surface area is 170 Å². The molecule has 0 fully saturated rings. The Hall–Kier alpha value is -3.10. The Bertz CT molecular complexity index is 980. The van der Waals surface area contributed by atoms with Crippen molar-refractivity contribution in [1.29, 1.82) is 5.26 Å². The number of hydrogen-bond acceptors (Lipinski definition) is 5. The summed E-state index contributed by atoms with van der Waals surface area (Å²) < 4.78 is 5.15. The fraction of sp³-hybridized carbons (Fsp3) is 0.217. The second kappa shape index (κ2) is 9.20. The van der Waals surface area contributed by atoms with Gasteiger partial charge in [-0.15, -0.1) is 11.3 Å². The molecule has 1 aromatic heterocycles. The molecule has 28 heavy (non-hydrogen) atoms. The molecule has 4 nitrogen and oxygen atoms in total. The van der Waals surface area contributed by atoms with Crippen LogP contribution in [0.25, 0.3) is 16.8 Å². The monoisotopic (exact) mass is 389 g/mol. The minimum Gasteiger partial charge on any atom is -0.497 e. The van der Waals surface area contributed by atoms with E-state index in [1.54, 1.807) is 13.3 Å². The number of ether oxygens (including phenoxy) is 1. The lowest BCUT2D eigenvalue weighted by atomic mass is 10.0. The number of hydrogen-bond donors (Lipinski definition) is 1. The van der Waals surface area contributed by atoms with Crippen molar-refractivity contribution >= 4 is 22.6 Å². The molecular formula is C23H23N3OS. The van der Waals surface area contributed by atoms with Crippen molar-refractivity contribution in [1.82, 2.24) is 4.98 Å². The van der Waals surface area contributed by atoms with Crippen LogP contribution in [0, 0.1) is 17.2 Å². The van der Waals surface area contributed by atoms with Crippen molar-refractivity contribution in [2.24, 2.45) is 5.92 Å². The van der Waals surface area contributed by atoms with E-state index in [1.165, 1.54) is 16.9 Å². The van der Waals surface area contributed by atoms with E-state index in [-0.39, 0.29) is 0 Å². The van der Waals surface area contributed by atoms with Gasteiger partial charge in [-0.25, -0.2) is 4.98 Å². The van der Waals surface area contributed by atoms with Crippen molar-refractivity contribution in [3.63, 3.8) is 0 Å². The molecule has 1 heterocycles. The molecule has 5 heteroatoms. The molecule has 0 radical (unpaired) electrons. The molecule has 0 aliphatic rings. The molecule has 0 atom stereocenters. The molecule has 142 valence electrons. The first-order chi connectivity index (χ1) is 13.6. The Morgan fingerprint density at radius 2 is 1.89 bits per heavy atom. The maximum atomic E-state index is 9.53. The third-order valence-corrected chi connectivity index (χ3v) is 5.10. The summed E-state index contributed by atoms with van der Waals surface area (Å²) in [4.78, 5) is 4.65. The van der Waals surface area contributed by atoms with Crippen LogP contribution in [0.4, 0.5) is 5.69 Å². The normalized spacial score (nSPS) is 11.3. The van der Waals surface area contributed by atoms with Crippen molar-refractivity contribution in [2.75, 3.05) is 12.4 Å². The molecule has 0 unspecified atom stereocenters. The van der Waals surface area contributed by atoms with E-state index in [1.807, 2.05) is 29.6 Å². The second-order valence-corrected chi connectivity index (χ2v) is 7.73. The molecule has 0 bridgehead atoms. The largest absolute Gasteiger partial charge is 0.497 e. The molecule has 0 amide bonds. The highest BCUT2D eigenvalue weighted by atomic mass is 32.1. The van der Waals surface area contributed by atoms with Gasteiger partial charge in [-0.05, 0) is 42.2 Å². The first kappa shape index (κ1) is 19.7. The highest BCUT2D eigenvalue weighted by Gasteiger charge is 2.09. The molecule has 0 saturated heterocycles. The van der Waals surface area contributed by atoms with Gasteiger partial charge in [0.1, 0.15) is 22.4 Å². The van der Waals surface area contributed by atoms with Gasteiger partial charge in [-0.1, -0.05) is 38.1 Å². The summed E-state index contributed by atoms with van der Waals surface area (Å²) >= 11 is 1.47. The van der Waals surface area contributed by atoms with Gasteiger partial charge in [0.25, 0.3) is 0 Å². The predicted octanol–water partition coefficient (Wildman–Crippen LogP) is 5.99. The van der Waals surface area contributed by atoms with E-state index in [0.717, 1.165) is 29.1 Å². The Balaban J connectivity index is 1.74. The van der Waals surface area contributed by atoms with Gasteiger partial charge >= 0.3 is 0 Å². The van der Waals surface area contributed by atoms with Crippen molar-refractivity contribution < 1.29 is 4.74 Å². The Morgan fingerprint density at radius 3 is 2.50 bits per heavy atom. The molecule has 3 aromatic rings. The number of anilines is 1. The molecule has 1 N–H and O–H groups in total. The van der Waals surface area contributed by atoms with Gasteiger partial charge in [-0.2, -0.15) is 5.26 Å². The number of benzene rings is 2. The fourth-order valence-corrected chi connectivity index (χ4v) is 3.59. The maximum absolute atomic E-state index is 9.53. The van der Waals surface area contributed by atoms with Gasteiger partial charge in [0.15, 0.2) is 0 Å². The highest BCUT2D eigenvalue weighted by molar-refractivity contribution is 7.11. The third kappa shape index (κ3) is 4.99. The number of thiazole rings is 1. The smallest absolute Gasteiger partial charge is 0.136 e. The van der Waals surface area contributed by atoms with Crippen molar-refractivity contribution in [2.45, 2.75) is 20.3 Å². The average molecular weight is 390 g/mol. The molecule has 3 rings (SSSR count). The average Bonchev–Trinajstić information content (AvgIpc) is 3.19. The number of methoxy groups -OCH3 is 1. The summed E-state index contributed by atoms with van der Waals surface area (Å²) in [7, 11) is 1.63. The zero-order chi connectivity index (χ0) is 19.9. The molecule has 2 aromatic carbocycles. The lowest BCUT2D eigenvalue weighted by Crippen LogP contribution is -1.93. The van der Waals surface area contributed by atoms with Crippen molar-refractivity contribution in [3.8, 4) is 23.1 Å². The zero-order valence-corrected chi connectivity index (χ0v) is 17.1. The number of nitrogens with zero attached hydrogens (tertiary/aromatic N) is 2. The van der Waals surface area contributed by atoms with Gasteiger partial charge in [0.05, 0.1) is 12.8 Å². The van der Waals surface area contributed by atoms with E-state index in [9.17, 15) is 5.26 Å². The fourth-order valence-electron chi connectivity index (χ4n) is 2.80. The summed E-state index contributed by atoms with van der Waals surface area (Å²) in [6.07, 6.45) is 2.76. The number of rotatable bonds is 7. The van der Waals surface area contributed by atoms with E-state index in [0.29, 0.717) is 16.5 Å². The van der Waals surface area contributed by atoms with E-state index in [4.69, 9.17) is 4.74 Å². The van der Waals surface area contributed by atoms with Crippen LogP contribution < -0.4 is 10.1 Å². The second-order valence-electron chi connectivity index (χ2n) is 6.88. The molecule has 0 saturated carbocycles. The number of allylic oxidation sites excluding steroid dienone is 1. The number of aromatic nitrogens is 1. The lowest BCUT2D eigenvalue weighted by Gasteiger charge is -2.05. The Morgan fingerprint density at radius 1 is 1.18 bits per heavy atom. The minimum atomic E-state index is 0.503. The summed E-state index contributed by atoms with van der Waals surface area (Å²) in [6.45, 7) is 4.44. The lowest BCUT2D eigenvalue weighted by molar-refractivity contribution is 0.415. The summed E-state index contributed by atoms with van der Waals surface area (Å²) in [5.74, 6) is 1.43. The molecule has 0 aliphatic heterocycles. The summed E-state index contributed by atoms with van der Waals surface area (Å²) in [5, 5.41) is 15.4. The zero-order valence-electron chi connectivity index (χ0n) is 16.3. The van der Waals surface area contributed by atoms with Gasteiger partial charge in [-0.3, -0.25) is 0 Å². The first-order valence-corrected chi connectivity index (χ1v) is 10.0. The standard InChI is InChI=1S/C23H23N3OS/c1-16(2)12-17-4-6-18(7-5-17)22-15-28-23(26-22)19(13-24)14-25-20-8-10-21(27-3)11-9-20/h4-11,14-16,25H,12H2,1-3H3. The third-order valence-electron chi connectivity index (χ3n) is 4.22. The highest BCUT2D eigenvalue weighted by Crippen LogP contribution is 2.27. The van der Waals surface area contributed by atoms with Gasteiger partial charge in [0, 0.05) is 22.8 Å². The quantitative estimate of drug-likeness (QED) is 0.504. The van der Waals surface area contributed by atoms with Crippen LogP contribution in [0.5, 0.6) is 5.75 Å². The van der Waals surface area contributed by atoms with Crippen LogP contribution >= 0.6 is 11.3 Å². The predicted molar refractivity (Wildman–Crippen MR) is 116 cm³/mol. The topological polar surface area (TPSA) is 57.9 Å². The summed E-state index contributed by atoms with van der Waals surface area (Å²) in [6, 6.07) is 18.3. The number of nitrogens with one attached hydrogen (secondary N) is 1. The first-order valence-electron chi connectivity index (χ1n) is 9.15. The molecular weight excluding hydrogens is 366 g/mol. The number of nitriles is 1. The Kier molecular flexibility index (Phi) is 6.46. The summed E-state index contributed by atoms with van der Waals surface area (Å²) in [5.41, 5.74) is 4.67. The van der Waals surface area contributed by atoms with E-state index < -0.39 is 0 Å². The van der Waals surface area contributed by atoms with E-state index in [2.05, 4.69) is 54.5 Å². The van der Waals surface area contributed by atoms with Crippen molar-refractivity contribution in [3.05, 3.63) is 70.7 Å². The maximum Gasteiger partial charge on any atom is 0.136 e. The SMILES string of the molecule is COc1ccc(NC=C(C#N)c2nc(-c3ccc(CC(C)C)cc3)cs2)cc1. The van der Waals surface area contributed by atoms with Gasteiger partial charge < -0.3 is 10.1 Å². The van der Waals surface area contributed by atoms with Crippen LogP contribution in [-0.2, 0) is 6.42 Å². The molecule has 0 spiro atoms. The van der Waals surface area contributed by atoms with Crippen LogP contribution in [-0.4, -0.2) is 12.1 Å². The van der Waals surface area contributed by atoms with Crippen LogP contribution in [0.2, 0.25) is 0 Å². The van der Waals surface area contributed by atoms with Crippen LogP contribution in [0.1, 0.15) is 24.4 Å². The van der Waals surface area contributed by atoms with E-state index >= 15 is 0 Å². The van der Waals surface area contributed by atoms with Gasteiger partial charge in [0.2, 0.25) is 0 Å². The molecule has 0 aliphatic carbocycles. The van der Waals surface area contributed by atoms with Crippen LogP contribution in [0.15, 0.2) is 60.1 Å². The van der Waals surface area contributed by atoms with Crippen LogP contribution in [0.3, 0.4) is 0 Å².